The lowest BCUT2D eigenvalue weighted by Crippen LogP contribution is -2.36. The Morgan fingerprint density at radius 3 is 2.57 bits per heavy atom. The standard InChI is InChI=1S/C24H23ClN4S/c1-17-21(22-4-2-3-5-23(22)27-17)12-15-29(16-18-10-13-26-14-11-18)24(30)28-20-8-6-19(25)7-9-20/h2-11,13-14,27H,12,15-16H2,1H3,(H,28,30). The second-order valence-corrected chi connectivity index (χ2v) is 8.06. The third-order valence-electron chi connectivity index (χ3n) is 5.16. The first-order valence-electron chi connectivity index (χ1n) is 9.87. The Morgan fingerprint density at radius 1 is 1.07 bits per heavy atom. The molecule has 0 saturated heterocycles. The molecule has 0 atom stereocenters. The van der Waals surface area contributed by atoms with E-state index in [0.717, 1.165) is 18.7 Å². The molecule has 2 aromatic carbocycles. The molecule has 0 amide bonds. The van der Waals surface area contributed by atoms with Gasteiger partial charge in [0.15, 0.2) is 5.11 Å². The van der Waals surface area contributed by atoms with Gasteiger partial charge in [-0.15, -0.1) is 0 Å². The van der Waals surface area contributed by atoms with Gasteiger partial charge in [0.2, 0.25) is 0 Å². The number of benzene rings is 2. The normalized spacial score (nSPS) is 10.9. The molecule has 0 aliphatic carbocycles. The Balaban J connectivity index is 1.54. The fourth-order valence-corrected chi connectivity index (χ4v) is 4.00. The molecule has 2 N–H and O–H groups in total. The predicted octanol–water partition coefficient (Wildman–Crippen LogP) is 5.97. The molecule has 152 valence electrons. The lowest BCUT2D eigenvalue weighted by atomic mass is 10.1. The van der Waals surface area contributed by atoms with Crippen LogP contribution in [0, 0.1) is 6.92 Å². The van der Waals surface area contributed by atoms with Gasteiger partial charge in [-0.2, -0.15) is 0 Å². The maximum Gasteiger partial charge on any atom is 0.173 e. The van der Waals surface area contributed by atoms with E-state index in [4.69, 9.17) is 23.8 Å². The Kier molecular flexibility index (Phi) is 6.31. The van der Waals surface area contributed by atoms with Gasteiger partial charge in [0, 0.05) is 52.8 Å². The zero-order valence-electron chi connectivity index (χ0n) is 16.7. The monoisotopic (exact) mass is 434 g/mol. The summed E-state index contributed by atoms with van der Waals surface area (Å²) in [7, 11) is 0. The smallest absolute Gasteiger partial charge is 0.173 e. The van der Waals surface area contributed by atoms with E-state index in [-0.39, 0.29) is 0 Å². The molecule has 0 aliphatic heterocycles. The highest BCUT2D eigenvalue weighted by Gasteiger charge is 2.14. The number of aromatic amines is 1. The van der Waals surface area contributed by atoms with E-state index in [0.29, 0.717) is 16.7 Å². The molecule has 6 heteroatoms. The van der Waals surface area contributed by atoms with Gasteiger partial charge in [-0.1, -0.05) is 29.8 Å². The van der Waals surface area contributed by atoms with Crippen molar-refractivity contribution in [3.8, 4) is 0 Å². The number of pyridine rings is 1. The summed E-state index contributed by atoms with van der Waals surface area (Å²) in [5.74, 6) is 0. The van der Waals surface area contributed by atoms with Crippen molar-refractivity contribution in [3.05, 3.63) is 94.9 Å². The topological polar surface area (TPSA) is 44.0 Å². The third-order valence-corrected chi connectivity index (χ3v) is 5.78. The van der Waals surface area contributed by atoms with Crippen molar-refractivity contribution < 1.29 is 0 Å². The summed E-state index contributed by atoms with van der Waals surface area (Å²) < 4.78 is 0. The molecule has 0 unspecified atom stereocenters. The van der Waals surface area contributed by atoms with Crippen molar-refractivity contribution in [2.75, 3.05) is 11.9 Å². The van der Waals surface area contributed by atoms with Crippen molar-refractivity contribution in [2.24, 2.45) is 0 Å². The van der Waals surface area contributed by atoms with Crippen molar-refractivity contribution in [2.45, 2.75) is 19.9 Å². The van der Waals surface area contributed by atoms with Gasteiger partial charge in [0.05, 0.1) is 0 Å². The average molecular weight is 435 g/mol. The average Bonchev–Trinajstić information content (AvgIpc) is 3.08. The van der Waals surface area contributed by atoms with E-state index >= 15 is 0 Å². The van der Waals surface area contributed by atoms with E-state index in [1.54, 1.807) is 0 Å². The molecule has 0 saturated carbocycles. The number of hydrogen-bond donors (Lipinski definition) is 2. The lowest BCUT2D eigenvalue weighted by Gasteiger charge is -2.26. The van der Waals surface area contributed by atoms with Crippen molar-refractivity contribution in [1.29, 1.82) is 0 Å². The first kappa shape index (κ1) is 20.4. The number of para-hydroxylation sites is 1. The minimum absolute atomic E-state index is 0.687. The Labute approximate surface area is 186 Å². The molecule has 30 heavy (non-hydrogen) atoms. The van der Waals surface area contributed by atoms with E-state index in [2.05, 4.69) is 51.4 Å². The molecule has 2 aromatic heterocycles. The summed E-state index contributed by atoms with van der Waals surface area (Å²) in [6.07, 6.45) is 4.52. The Morgan fingerprint density at radius 2 is 1.80 bits per heavy atom. The van der Waals surface area contributed by atoms with Gasteiger partial charge in [-0.3, -0.25) is 4.98 Å². The number of thiocarbonyl (C=S) groups is 1. The second-order valence-electron chi connectivity index (χ2n) is 7.24. The van der Waals surface area contributed by atoms with Crippen LogP contribution >= 0.6 is 23.8 Å². The molecule has 4 aromatic rings. The molecule has 0 radical (unpaired) electrons. The molecule has 4 nitrogen and oxygen atoms in total. The number of aryl methyl sites for hydroxylation is 1. The summed E-state index contributed by atoms with van der Waals surface area (Å²) in [5.41, 5.74) is 5.80. The van der Waals surface area contributed by atoms with Crippen LogP contribution in [-0.4, -0.2) is 26.5 Å². The number of hydrogen-bond acceptors (Lipinski definition) is 2. The van der Waals surface area contributed by atoms with Crippen LogP contribution in [0.15, 0.2) is 73.1 Å². The number of aromatic nitrogens is 2. The molecular formula is C24H23ClN4S. The zero-order chi connectivity index (χ0) is 20.9. The second kappa shape index (κ2) is 9.28. The zero-order valence-corrected chi connectivity index (χ0v) is 18.3. The molecule has 0 aliphatic rings. The summed E-state index contributed by atoms with van der Waals surface area (Å²) in [5, 5.41) is 6.01. The van der Waals surface area contributed by atoms with Crippen LogP contribution in [0.1, 0.15) is 16.8 Å². The highest BCUT2D eigenvalue weighted by atomic mass is 35.5. The Bertz CT molecular complexity index is 1140. The molecule has 0 spiro atoms. The van der Waals surface area contributed by atoms with Crippen molar-refractivity contribution in [1.82, 2.24) is 14.9 Å². The maximum absolute atomic E-state index is 6.01. The highest BCUT2D eigenvalue weighted by molar-refractivity contribution is 7.80. The summed E-state index contributed by atoms with van der Waals surface area (Å²) in [6.45, 7) is 3.64. The molecule has 2 heterocycles. The summed E-state index contributed by atoms with van der Waals surface area (Å²) in [6, 6.07) is 20.1. The SMILES string of the molecule is Cc1[nH]c2ccccc2c1CCN(Cc1ccncc1)C(=S)Nc1ccc(Cl)cc1. The third kappa shape index (κ3) is 4.81. The van der Waals surface area contributed by atoms with E-state index in [1.165, 1.54) is 27.7 Å². The quantitative estimate of drug-likeness (QED) is 0.367. The minimum Gasteiger partial charge on any atom is -0.358 e. The number of nitrogens with one attached hydrogen (secondary N) is 2. The number of rotatable bonds is 6. The number of H-pyrrole nitrogens is 1. The van der Waals surface area contributed by atoms with Gasteiger partial charge in [0.1, 0.15) is 0 Å². The van der Waals surface area contributed by atoms with Crippen LogP contribution in [0.3, 0.4) is 0 Å². The first-order valence-corrected chi connectivity index (χ1v) is 10.7. The predicted molar refractivity (Wildman–Crippen MR) is 129 cm³/mol. The highest BCUT2D eigenvalue weighted by Crippen LogP contribution is 2.23. The van der Waals surface area contributed by atoms with E-state index in [9.17, 15) is 0 Å². The summed E-state index contributed by atoms with van der Waals surface area (Å²) >= 11 is 11.8. The van der Waals surface area contributed by atoms with Crippen LogP contribution in [0.25, 0.3) is 10.9 Å². The van der Waals surface area contributed by atoms with Gasteiger partial charge in [-0.05, 0) is 79.2 Å². The Hall–Kier alpha value is -2.89. The van der Waals surface area contributed by atoms with Crippen LogP contribution in [-0.2, 0) is 13.0 Å². The molecule has 4 rings (SSSR count). The number of anilines is 1. The number of nitrogens with zero attached hydrogens (tertiary/aromatic N) is 2. The van der Waals surface area contributed by atoms with Crippen molar-refractivity contribution >= 4 is 45.5 Å². The van der Waals surface area contributed by atoms with E-state index in [1.807, 2.05) is 48.8 Å². The van der Waals surface area contributed by atoms with Crippen LogP contribution in [0.2, 0.25) is 5.02 Å². The van der Waals surface area contributed by atoms with Gasteiger partial charge < -0.3 is 15.2 Å². The fraction of sp³-hybridized carbons (Fsp3) is 0.167. The lowest BCUT2D eigenvalue weighted by molar-refractivity contribution is 0.423. The number of halogens is 1. The van der Waals surface area contributed by atoms with E-state index < -0.39 is 0 Å². The molecule has 0 fully saturated rings. The summed E-state index contributed by atoms with van der Waals surface area (Å²) in [4.78, 5) is 9.80. The van der Waals surface area contributed by atoms with Crippen molar-refractivity contribution in [3.63, 3.8) is 0 Å². The van der Waals surface area contributed by atoms with Gasteiger partial charge in [0.25, 0.3) is 0 Å². The molecular weight excluding hydrogens is 412 g/mol. The molecule has 0 bridgehead atoms. The minimum atomic E-state index is 0.687. The first-order chi connectivity index (χ1) is 14.6. The van der Waals surface area contributed by atoms with Gasteiger partial charge >= 0.3 is 0 Å². The maximum atomic E-state index is 6.01. The largest absolute Gasteiger partial charge is 0.358 e. The fourth-order valence-electron chi connectivity index (χ4n) is 3.60. The van der Waals surface area contributed by atoms with Gasteiger partial charge in [-0.25, -0.2) is 0 Å². The van der Waals surface area contributed by atoms with Crippen LogP contribution in [0.4, 0.5) is 5.69 Å². The van der Waals surface area contributed by atoms with Crippen LogP contribution in [0.5, 0.6) is 0 Å². The number of fused-ring (bicyclic) bond motifs is 1. The van der Waals surface area contributed by atoms with Crippen LogP contribution < -0.4 is 5.32 Å².